The number of aliphatic hydroxyl groups is 1. The van der Waals surface area contributed by atoms with Crippen LogP contribution in [0.5, 0.6) is 0 Å². The highest BCUT2D eigenvalue weighted by atomic mass is 32.1. The molecule has 0 fully saturated rings. The molecule has 3 rings (SSSR count). The summed E-state index contributed by atoms with van der Waals surface area (Å²) in [7, 11) is 2.12. The molecule has 19 heavy (non-hydrogen) atoms. The van der Waals surface area contributed by atoms with Crippen LogP contribution in [-0.2, 0) is 12.8 Å². The van der Waals surface area contributed by atoms with Crippen LogP contribution in [0.3, 0.4) is 0 Å². The molecular formula is C16H19NOS. The summed E-state index contributed by atoms with van der Waals surface area (Å²) in [5.74, 6) is 0. The number of rotatable bonds is 4. The topological polar surface area (TPSA) is 23.5 Å². The molecule has 0 bridgehead atoms. The molecule has 0 radical (unpaired) electrons. The monoisotopic (exact) mass is 273 g/mol. The summed E-state index contributed by atoms with van der Waals surface area (Å²) in [4.78, 5) is 3.62. The van der Waals surface area contributed by atoms with Gasteiger partial charge in [0, 0.05) is 24.2 Å². The zero-order valence-corrected chi connectivity index (χ0v) is 12.0. The Hall–Kier alpha value is -1.32. The Bertz CT molecular complexity index is 550. The van der Waals surface area contributed by atoms with Crippen LogP contribution in [0, 0.1) is 0 Å². The average molecular weight is 273 g/mol. The van der Waals surface area contributed by atoms with Crippen LogP contribution in [-0.4, -0.2) is 18.7 Å². The summed E-state index contributed by atoms with van der Waals surface area (Å²) < 4.78 is 0. The van der Waals surface area contributed by atoms with Crippen molar-refractivity contribution in [3.8, 4) is 0 Å². The van der Waals surface area contributed by atoms with E-state index in [2.05, 4.69) is 47.7 Å². The largest absolute Gasteiger partial charge is 0.388 e. The van der Waals surface area contributed by atoms with Crippen LogP contribution in [0.15, 0.2) is 35.7 Å². The van der Waals surface area contributed by atoms with Crippen molar-refractivity contribution in [3.63, 3.8) is 0 Å². The van der Waals surface area contributed by atoms with Crippen molar-refractivity contribution in [1.82, 2.24) is 0 Å². The summed E-state index contributed by atoms with van der Waals surface area (Å²) in [5, 5.41) is 12.4. The van der Waals surface area contributed by atoms with Gasteiger partial charge in [-0.15, -0.1) is 11.3 Å². The van der Waals surface area contributed by atoms with Gasteiger partial charge < -0.3 is 10.0 Å². The number of benzene rings is 1. The first-order valence-corrected chi connectivity index (χ1v) is 7.66. The molecular weight excluding hydrogens is 254 g/mol. The second-order valence-corrected chi connectivity index (χ2v) is 6.23. The average Bonchev–Trinajstić information content (AvgIpc) is 3.06. The van der Waals surface area contributed by atoms with Crippen LogP contribution < -0.4 is 4.90 Å². The van der Waals surface area contributed by atoms with Crippen molar-refractivity contribution >= 4 is 17.0 Å². The van der Waals surface area contributed by atoms with Gasteiger partial charge in [0.1, 0.15) is 0 Å². The molecule has 1 aliphatic rings. The fourth-order valence-corrected chi connectivity index (χ4v) is 3.42. The van der Waals surface area contributed by atoms with Gasteiger partial charge in [0.25, 0.3) is 0 Å². The fraction of sp³-hybridized carbons (Fsp3) is 0.375. The van der Waals surface area contributed by atoms with Crippen molar-refractivity contribution in [2.24, 2.45) is 0 Å². The smallest absolute Gasteiger partial charge is 0.0793 e. The molecule has 100 valence electrons. The number of aliphatic hydroxyl groups excluding tert-OH is 1. The van der Waals surface area contributed by atoms with E-state index in [1.54, 1.807) is 11.3 Å². The Morgan fingerprint density at radius 1 is 1.37 bits per heavy atom. The zero-order chi connectivity index (χ0) is 13.2. The van der Waals surface area contributed by atoms with E-state index >= 15 is 0 Å². The third kappa shape index (κ3) is 2.67. The van der Waals surface area contributed by atoms with Gasteiger partial charge in [0.05, 0.1) is 6.10 Å². The molecule has 0 aliphatic carbocycles. The van der Waals surface area contributed by atoms with Gasteiger partial charge in [-0.25, -0.2) is 0 Å². The molecule has 1 unspecified atom stereocenters. The second-order valence-electron chi connectivity index (χ2n) is 5.19. The number of aryl methyl sites for hydroxylation is 1. The van der Waals surface area contributed by atoms with Crippen molar-refractivity contribution < 1.29 is 5.11 Å². The molecule has 1 aliphatic heterocycles. The molecule has 0 amide bonds. The third-order valence-electron chi connectivity index (χ3n) is 3.86. The lowest BCUT2D eigenvalue weighted by Crippen LogP contribution is -2.12. The lowest BCUT2D eigenvalue weighted by molar-refractivity contribution is 0.168. The predicted octanol–water partition coefficient (Wildman–Crippen LogP) is 3.41. The van der Waals surface area contributed by atoms with E-state index in [1.807, 2.05) is 0 Å². The SMILES string of the molecule is CN1CCc2cc(C(O)CCc3cccs3)ccc21. The highest BCUT2D eigenvalue weighted by Gasteiger charge is 2.17. The molecule has 0 saturated heterocycles. The summed E-state index contributed by atoms with van der Waals surface area (Å²) >= 11 is 1.76. The highest BCUT2D eigenvalue weighted by molar-refractivity contribution is 7.09. The Balaban J connectivity index is 1.68. The van der Waals surface area contributed by atoms with Crippen molar-refractivity contribution in [3.05, 3.63) is 51.7 Å². The summed E-state index contributed by atoms with van der Waals surface area (Å²) in [6.07, 6.45) is 2.50. The normalized spacial score (nSPS) is 15.6. The van der Waals surface area contributed by atoms with Crippen molar-refractivity contribution in [2.75, 3.05) is 18.5 Å². The van der Waals surface area contributed by atoms with Gasteiger partial charge in [-0.2, -0.15) is 0 Å². The Kier molecular flexibility index (Phi) is 3.58. The predicted molar refractivity (Wildman–Crippen MR) is 81.0 cm³/mol. The lowest BCUT2D eigenvalue weighted by atomic mass is 10.0. The van der Waals surface area contributed by atoms with Crippen molar-refractivity contribution in [2.45, 2.75) is 25.4 Å². The third-order valence-corrected chi connectivity index (χ3v) is 4.80. The van der Waals surface area contributed by atoms with E-state index in [4.69, 9.17) is 0 Å². The van der Waals surface area contributed by atoms with Gasteiger partial charge in [0.15, 0.2) is 0 Å². The first-order valence-electron chi connectivity index (χ1n) is 6.78. The van der Waals surface area contributed by atoms with Crippen LogP contribution in [0.4, 0.5) is 5.69 Å². The first kappa shape index (κ1) is 12.7. The van der Waals surface area contributed by atoms with E-state index in [1.165, 1.54) is 16.1 Å². The molecule has 1 atom stereocenters. The molecule has 0 spiro atoms. The molecule has 2 nitrogen and oxygen atoms in total. The minimum atomic E-state index is -0.349. The van der Waals surface area contributed by atoms with E-state index in [0.29, 0.717) is 0 Å². The molecule has 2 heterocycles. The number of fused-ring (bicyclic) bond motifs is 1. The Morgan fingerprint density at radius 3 is 3.05 bits per heavy atom. The number of hydrogen-bond donors (Lipinski definition) is 1. The summed E-state index contributed by atoms with van der Waals surface area (Å²) in [6.45, 7) is 1.09. The second kappa shape index (κ2) is 5.35. The standard InChI is InChI=1S/C16H19NOS/c1-17-9-8-12-11-13(4-6-15(12)17)16(18)7-5-14-3-2-10-19-14/h2-4,6,10-11,16,18H,5,7-9H2,1H3. The minimum Gasteiger partial charge on any atom is -0.388 e. The Labute approximate surface area is 118 Å². The number of thiophene rings is 1. The number of nitrogens with zero attached hydrogens (tertiary/aromatic N) is 1. The van der Waals surface area contributed by atoms with E-state index < -0.39 is 0 Å². The fourth-order valence-electron chi connectivity index (χ4n) is 2.69. The molecule has 1 aromatic heterocycles. The molecule has 1 N–H and O–H groups in total. The Morgan fingerprint density at radius 2 is 2.26 bits per heavy atom. The van der Waals surface area contributed by atoms with Crippen LogP contribution in [0.1, 0.15) is 28.5 Å². The molecule has 1 aromatic carbocycles. The van der Waals surface area contributed by atoms with E-state index in [0.717, 1.165) is 31.4 Å². The first-order chi connectivity index (χ1) is 9.24. The number of hydrogen-bond acceptors (Lipinski definition) is 3. The number of likely N-dealkylation sites (N-methyl/N-ethyl adjacent to an activating group) is 1. The van der Waals surface area contributed by atoms with Gasteiger partial charge in [-0.3, -0.25) is 0 Å². The van der Waals surface area contributed by atoms with Gasteiger partial charge >= 0.3 is 0 Å². The lowest BCUT2D eigenvalue weighted by Gasteiger charge is -2.14. The molecule has 2 aromatic rings. The van der Waals surface area contributed by atoms with Gasteiger partial charge in [0.2, 0.25) is 0 Å². The van der Waals surface area contributed by atoms with Gasteiger partial charge in [-0.1, -0.05) is 18.2 Å². The molecule has 3 heteroatoms. The zero-order valence-electron chi connectivity index (χ0n) is 11.2. The number of anilines is 1. The van der Waals surface area contributed by atoms with Crippen LogP contribution in [0.25, 0.3) is 0 Å². The maximum Gasteiger partial charge on any atom is 0.0793 e. The minimum absolute atomic E-state index is 0.349. The maximum absolute atomic E-state index is 10.3. The maximum atomic E-state index is 10.3. The van der Waals surface area contributed by atoms with Crippen LogP contribution in [0.2, 0.25) is 0 Å². The van der Waals surface area contributed by atoms with E-state index in [9.17, 15) is 5.11 Å². The highest BCUT2D eigenvalue weighted by Crippen LogP contribution is 2.30. The summed E-state index contributed by atoms with van der Waals surface area (Å²) in [6, 6.07) is 10.6. The summed E-state index contributed by atoms with van der Waals surface area (Å²) in [5.41, 5.74) is 3.75. The van der Waals surface area contributed by atoms with E-state index in [-0.39, 0.29) is 6.10 Å². The van der Waals surface area contributed by atoms with Crippen LogP contribution >= 0.6 is 11.3 Å². The van der Waals surface area contributed by atoms with Crippen molar-refractivity contribution in [1.29, 1.82) is 0 Å². The quantitative estimate of drug-likeness (QED) is 0.923. The van der Waals surface area contributed by atoms with Gasteiger partial charge in [-0.05, 0) is 47.9 Å². The molecule has 0 saturated carbocycles.